The summed E-state index contributed by atoms with van der Waals surface area (Å²) in [5, 5.41) is 0. The van der Waals surface area contributed by atoms with Crippen molar-refractivity contribution in [1.29, 1.82) is 0 Å². The molecule has 0 N–H and O–H groups in total. The molecular weight excluding hydrogens is 160 g/mol. The van der Waals surface area contributed by atoms with E-state index in [0.29, 0.717) is 13.2 Å². The Kier molecular flexibility index (Phi) is 7.52. The Labute approximate surface area is 69.6 Å². The van der Waals surface area contributed by atoms with Gasteiger partial charge in [0.25, 0.3) is 0 Å². The molecule has 0 aliphatic carbocycles. The Hall–Kier alpha value is -0.343. The van der Waals surface area contributed by atoms with E-state index < -0.39 is 9.53 Å². The molecule has 0 spiro atoms. The van der Waals surface area contributed by atoms with Crippen molar-refractivity contribution in [2.24, 2.45) is 0 Å². The van der Waals surface area contributed by atoms with Crippen LogP contribution in [0.1, 0.15) is 13.8 Å². The van der Waals surface area contributed by atoms with Crippen molar-refractivity contribution in [3.05, 3.63) is 0 Å². The second-order valence-corrected chi connectivity index (χ2v) is 2.97. The Morgan fingerprint density at radius 2 is 1.73 bits per heavy atom. The van der Waals surface area contributed by atoms with Gasteiger partial charge in [0.05, 0.1) is 6.61 Å². The van der Waals surface area contributed by atoms with Crippen molar-refractivity contribution in [3.63, 3.8) is 0 Å². The molecule has 0 aliphatic rings. The van der Waals surface area contributed by atoms with Gasteiger partial charge in [-0.15, -0.1) is 6.42 Å². The maximum Gasteiger partial charge on any atom is 0.578 e. The van der Waals surface area contributed by atoms with Gasteiger partial charge < -0.3 is 13.3 Å². The largest absolute Gasteiger partial charge is 0.578 e. The average molecular weight is 173 g/mol. The first kappa shape index (κ1) is 10.7. The van der Waals surface area contributed by atoms with E-state index in [-0.39, 0.29) is 6.61 Å². The molecule has 0 aliphatic heterocycles. The second kappa shape index (κ2) is 7.76. The normalized spacial score (nSPS) is 10.0. The highest BCUT2D eigenvalue weighted by molar-refractivity contribution is 6.36. The van der Waals surface area contributed by atoms with Crippen LogP contribution in [-0.4, -0.2) is 29.3 Å². The third kappa shape index (κ3) is 6.07. The number of rotatable bonds is 6. The summed E-state index contributed by atoms with van der Waals surface area (Å²) in [6, 6.07) is 0. The number of hydrogen-bond acceptors (Lipinski definition) is 3. The molecule has 3 nitrogen and oxygen atoms in total. The lowest BCUT2D eigenvalue weighted by Gasteiger charge is -2.09. The fourth-order valence-corrected chi connectivity index (χ4v) is 1.38. The smallest absolute Gasteiger partial charge is 0.371 e. The van der Waals surface area contributed by atoms with Crippen LogP contribution >= 0.6 is 0 Å². The fourth-order valence-electron chi connectivity index (χ4n) is 0.461. The maximum absolute atomic E-state index is 5.15. The lowest BCUT2D eigenvalue weighted by molar-refractivity contribution is 0.114. The van der Waals surface area contributed by atoms with Crippen molar-refractivity contribution in [1.82, 2.24) is 0 Å². The zero-order valence-corrected chi connectivity index (χ0v) is 7.92. The van der Waals surface area contributed by atoms with Gasteiger partial charge in [0.1, 0.15) is 0 Å². The van der Waals surface area contributed by atoms with Crippen LogP contribution in [0, 0.1) is 12.3 Å². The van der Waals surface area contributed by atoms with E-state index in [1.54, 1.807) is 0 Å². The van der Waals surface area contributed by atoms with E-state index in [1.807, 2.05) is 13.8 Å². The molecule has 0 saturated carbocycles. The molecule has 0 bridgehead atoms. The molecule has 0 atom stereocenters. The van der Waals surface area contributed by atoms with Crippen LogP contribution in [0.3, 0.4) is 0 Å². The summed E-state index contributed by atoms with van der Waals surface area (Å²) < 4.78 is 15.4. The number of terminal acetylenes is 1. The number of hydrogen-bond donors (Lipinski definition) is 0. The van der Waals surface area contributed by atoms with Crippen LogP contribution in [0.15, 0.2) is 0 Å². The van der Waals surface area contributed by atoms with E-state index in [1.165, 1.54) is 0 Å². The van der Waals surface area contributed by atoms with Gasteiger partial charge in [0.2, 0.25) is 0 Å². The third-order valence-electron chi connectivity index (χ3n) is 0.798. The maximum atomic E-state index is 5.15. The molecule has 0 rings (SSSR count). The first-order valence-corrected chi connectivity index (χ1v) is 4.76. The van der Waals surface area contributed by atoms with Crippen LogP contribution < -0.4 is 0 Å². The predicted octanol–water partition coefficient (Wildman–Crippen LogP) is 0.694. The van der Waals surface area contributed by atoms with Crippen molar-refractivity contribution >= 4 is 9.53 Å². The molecule has 0 amide bonds. The highest BCUT2D eigenvalue weighted by atomic mass is 28.3. The summed E-state index contributed by atoms with van der Waals surface area (Å²) >= 11 is 0. The van der Waals surface area contributed by atoms with Gasteiger partial charge in [0.15, 0.2) is 0 Å². The molecule has 0 aromatic rings. The van der Waals surface area contributed by atoms with E-state index in [2.05, 4.69) is 5.92 Å². The standard InChI is InChI=1S/C7H13O3Si/c1-4-7-10-11(8-5-2)9-6-3/h1H,5-7H2,2-3H3. The minimum Gasteiger partial charge on any atom is -0.371 e. The summed E-state index contributed by atoms with van der Waals surface area (Å²) in [7, 11) is -1.55. The molecule has 63 valence electrons. The summed E-state index contributed by atoms with van der Waals surface area (Å²) in [6.07, 6.45) is 5.00. The van der Waals surface area contributed by atoms with Gasteiger partial charge in [0, 0.05) is 13.2 Å². The topological polar surface area (TPSA) is 27.7 Å². The van der Waals surface area contributed by atoms with E-state index in [9.17, 15) is 0 Å². The molecule has 1 radical (unpaired) electrons. The van der Waals surface area contributed by atoms with Crippen LogP contribution in [-0.2, 0) is 13.3 Å². The van der Waals surface area contributed by atoms with E-state index in [4.69, 9.17) is 19.7 Å². The lowest BCUT2D eigenvalue weighted by atomic mass is 10.8. The van der Waals surface area contributed by atoms with Gasteiger partial charge in [-0.1, -0.05) is 5.92 Å². The molecule has 0 saturated heterocycles. The van der Waals surface area contributed by atoms with Crippen molar-refractivity contribution in [2.45, 2.75) is 13.8 Å². The molecule has 0 unspecified atom stereocenters. The second-order valence-electron chi connectivity index (χ2n) is 1.61. The molecule has 4 heteroatoms. The Morgan fingerprint density at radius 1 is 1.18 bits per heavy atom. The summed E-state index contributed by atoms with van der Waals surface area (Å²) in [4.78, 5) is 0. The zero-order valence-electron chi connectivity index (χ0n) is 6.92. The van der Waals surface area contributed by atoms with Gasteiger partial charge in [-0.3, -0.25) is 0 Å². The SMILES string of the molecule is C#CCO[Si](OCC)OCC. The Balaban J connectivity index is 3.44. The fraction of sp³-hybridized carbons (Fsp3) is 0.714. The van der Waals surface area contributed by atoms with Gasteiger partial charge in [-0.25, -0.2) is 0 Å². The first-order valence-electron chi connectivity index (χ1n) is 3.53. The molecule has 0 fully saturated rings. The summed E-state index contributed by atoms with van der Waals surface area (Å²) in [5.41, 5.74) is 0. The monoisotopic (exact) mass is 173 g/mol. The van der Waals surface area contributed by atoms with Crippen LogP contribution in [0.25, 0.3) is 0 Å². The van der Waals surface area contributed by atoms with Crippen LogP contribution in [0.4, 0.5) is 0 Å². The average Bonchev–Trinajstić information content (AvgIpc) is 2.01. The molecule has 11 heavy (non-hydrogen) atoms. The van der Waals surface area contributed by atoms with Crippen molar-refractivity contribution in [2.75, 3.05) is 19.8 Å². The minimum atomic E-state index is -1.55. The van der Waals surface area contributed by atoms with E-state index >= 15 is 0 Å². The molecule has 0 aromatic heterocycles. The van der Waals surface area contributed by atoms with Gasteiger partial charge in [-0.05, 0) is 13.8 Å². The van der Waals surface area contributed by atoms with Crippen LogP contribution in [0.5, 0.6) is 0 Å². The lowest BCUT2D eigenvalue weighted by Crippen LogP contribution is -2.27. The molecule has 0 aromatic carbocycles. The molecule has 0 heterocycles. The highest BCUT2D eigenvalue weighted by Gasteiger charge is 2.16. The van der Waals surface area contributed by atoms with E-state index in [0.717, 1.165) is 0 Å². The van der Waals surface area contributed by atoms with Crippen molar-refractivity contribution in [3.8, 4) is 12.3 Å². The minimum absolute atomic E-state index is 0.258. The zero-order chi connectivity index (χ0) is 8.53. The summed E-state index contributed by atoms with van der Waals surface area (Å²) in [6.45, 7) is 5.23. The van der Waals surface area contributed by atoms with Gasteiger partial charge >= 0.3 is 9.53 Å². The highest BCUT2D eigenvalue weighted by Crippen LogP contribution is 1.91. The Morgan fingerprint density at radius 3 is 2.09 bits per heavy atom. The Bertz CT molecular complexity index is 115. The first-order chi connectivity index (χ1) is 5.35. The van der Waals surface area contributed by atoms with Crippen LogP contribution in [0.2, 0.25) is 0 Å². The van der Waals surface area contributed by atoms with Crippen molar-refractivity contribution < 1.29 is 13.3 Å². The quantitative estimate of drug-likeness (QED) is 0.437. The predicted molar refractivity (Wildman–Crippen MR) is 43.8 cm³/mol. The third-order valence-corrected chi connectivity index (χ3v) is 2.23. The molecular formula is C7H13O3Si. The van der Waals surface area contributed by atoms with Gasteiger partial charge in [-0.2, -0.15) is 0 Å². The summed E-state index contributed by atoms with van der Waals surface area (Å²) in [5.74, 6) is 2.36.